The third kappa shape index (κ3) is 3.16. The highest BCUT2D eigenvalue weighted by Gasteiger charge is 2.10. The van der Waals surface area contributed by atoms with E-state index in [0.717, 1.165) is 5.56 Å². The monoisotopic (exact) mass is 195 g/mol. The molecular formula is C10H13NO3. The van der Waals surface area contributed by atoms with E-state index in [1.807, 2.05) is 30.3 Å². The molecule has 0 saturated carbocycles. The van der Waals surface area contributed by atoms with E-state index in [-0.39, 0.29) is 12.7 Å². The molecule has 0 bridgehead atoms. The molecule has 14 heavy (non-hydrogen) atoms. The second-order valence-electron chi connectivity index (χ2n) is 2.85. The SMILES string of the molecule is CC(OC(=O)CON)c1ccccc1. The Kier molecular flexibility index (Phi) is 4.10. The topological polar surface area (TPSA) is 61.5 Å². The van der Waals surface area contributed by atoms with Crippen molar-refractivity contribution < 1.29 is 14.4 Å². The second-order valence-corrected chi connectivity index (χ2v) is 2.85. The molecule has 2 N–H and O–H groups in total. The minimum absolute atomic E-state index is 0.225. The first-order valence-corrected chi connectivity index (χ1v) is 4.30. The summed E-state index contributed by atoms with van der Waals surface area (Å²) < 4.78 is 5.03. The number of ether oxygens (including phenoxy) is 1. The first-order valence-electron chi connectivity index (χ1n) is 4.30. The Labute approximate surface area is 82.6 Å². The summed E-state index contributed by atoms with van der Waals surface area (Å²) in [5.41, 5.74) is 0.942. The number of nitrogens with two attached hydrogens (primary N) is 1. The molecule has 0 aromatic heterocycles. The van der Waals surface area contributed by atoms with Crippen LogP contribution < -0.4 is 5.90 Å². The van der Waals surface area contributed by atoms with Crippen LogP contribution in [0.15, 0.2) is 30.3 Å². The summed E-state index contributed by atoms with van der Waals surface area (Å²) in [6.07, 6.45) is -0.279. The van der Waals surface area contributed by atoms with Crippen molar-refractivity contribution in [3.05, 3.63) is 35.9 Å². The summed E-state index contributed by atoms with van der Waals surface area (Å²) in [4.78, 5) is 15.2. The molecule has 0 radical (unpaired) electrons. The van der Waals surface area contributed by atoms with Gasteiger partial charge in [-0.2, -0.15) is 0 Å². The predicted molar refractivity (Wildman–Crippen MR) is 51.1 cm³/mol. The van der Waals surface area contributed by atoms with Gasteiger partial charge in [-0.3, -0.25) is 4.84 Å². The lowest BCUT2D eigenvalue weighted by Gasteiger charge is -2.12. The first kappa shape index (κ1) is 10.7. The smallest absolute Gasteiger partial charge is 0.334 e. The number of esters is 1. The Balaban J connectivity index is 2.50. The lowest BCUT2D eigenvalue weighted by Crippen LogP contribution is -2.17. The van der Waals surface area contributed by atoms with Crippen molar-refractivity contribution >= 4 is 5.97 Å². The van der Waals surface area contributed by atoms with Gasteiger partial charge >= 0.3 is 5.97 Å². The van der Waals surface area contributed by atoms with Crippen LogP contribution in [0, 0.1) is 0 Å². The van der Waals surface area contributed by atoms with Crippen molar-refractivity contribution in [1.82, 2.24) is 0 Å². The molecule has 0 heterocycles. The van der Waals surface area contributed by atoms with E-state index in [9.17, 15) is 4.79 Å². The number of rotatable bonds is 4. The largest absolute Gasteiger partial charge is 0.456 e. The van der Waals surface area contributed by atoms with Crippen molar-refractivity contribution in [1.29, 1.82) is 0 Å². The van der Waals surface area contributed by atoms with Crippen LogP contribution in [0.2, 0.25) is 0 Å². The number of hydrogen-bond donors (Lipinski definition) is 1. The third-order valence-corrected chi connectivity index (χ3v) is 1.78. The molecule has 0 aliphatic carbocycles. The van der Waals surface area contributed by atoms with Crippen molar-refractivity contribution in [3.8, 4) is 0 Å². The average molecular weight is 195 g/mol. The van der Waals surface area contributed by atoms with Gasteiger partial charge in [0.1, 0.15) is 6.10 Å². The van der Waals surface area contributed by atoms with Crippen molar-refractivity contribution in [3.63, 3.8) is 0 Å². The zero-order valence-corrected chi connectivity index (χ0v) is 7.97. The van der Waals surface area contributed by atoms with Gasteiger partial charge in [0.2, 0.25) is 0 Å². The molecule has 1 atom stereocenters. The standard InChI is InChI=1S/C10H13NO3/c1-8(14-10(12)7-13-11)9-5-3-2-4-6-9/h2-6,8H,7,11H2,1H3. The molecule has 0 aliphatic heterocycles. The summed E-state index contributed by atoms with van der Waals surface area (Å²) >= 11 is 0. The van der Waals surface area contributed by atoms with Crippen LogP contribution in [0.1, 0.15) is 18.6 Å². The Morgan fingerprint density at radius 3 is 2.64 bits per heavy atom. The lowest BCUT2D eigenvalue weighted by atomic mass is 10.1. The van der Waals surface area contributed by atoms with Crippen LogP contribution >= 0.6 is 0 Å². The molecule has 0 saturated heterocycles. The van der Waals surface area contributed by atoms with E-state index in [1.165, 1.54) is 0 Å². The first-order chi connectivity index (χ1) is 6.74. The zero-order valence-electron chi connectivity index (χ0n) is 7.97. The van der Waals surface area contributed by atoms with E-state index >= 15 is 0 Å². The van der Waals surface area contributed by atoms with Crippen LogP contribution in [0.3, 0.4) is 0 Å². The summed E-state index contributed by atoms with van der Waals surface area (Å²) in [5.74, 6) is 4.27. The minimum atomic E-state index is -0.469. The molecule has 1 aromatic rings. The molecular weight excluding hydrogens is 182 g/mol. The maximum Gasteiger partial charge on any atom is 0.334 e. The highest BCUT2D eigenvalue weighted by Crippen LogP contribution is 2.15. The quantitative estimate of drug-likeness (QED) is 0.579. The van der Waals surface area contributed by atoms with Gasteiger partial charge in [-0.15, -0.1) is 0 Å². The molecule has 0 fully saturated rings. The minimum Gasteiger partial charge on any atom is -0.456 e. The normalized spacial score (nSPS) is 12.1. The Morgan fingerprint density at radius 1 is 1.43 bits per heavy atom. The zero-order chi connectivity index (χ0) is 10.4. The van der Waals surface area contributed by atoms with Gasteiger partial charge in [-0.25, -0.2) is 10.7 Å². The Morgan fingerprint density at radius 2 is 2.07 bits per heavy atom. The van der Waals surface area contributed by atoms with E-state index in [4.69, 9.17) is 10.6 Å². The fourth-order valence-electron chi connectivity index (χ4n) is 1.09. The summed E-state index contributed by atoms with van der Waals surface area (Å²) in [6, 6.07) is 9.46. The lowest BCUT2D eigenvalue weighted by molar-refractivity contribution is -0.154. The van der Waals surface area contributed by atoms with Gasteiger partial charge in [0.05, 0.1) is 0 Å². The molecule has 4 nitrogen and oxygen atoms in total. The Hall–Kier alpha value is -1.39. The highest BCUT2D eigenvalue weighted by molar-refractivity contribution is 5.70. The predicted octanol–water partition coefficient (Wildman–Crippen LogP) is 1.18. The van der Waals surface area contributed by atoms with Gasteiger partial charge in [0.15, 0.2) is 6.61 Å². The van der Waals surface area contributed by atoms with Crippen LogP contribution in [0.25, 0.3) is 0 Å². The molecule has 1 rings (SSSR count). The van der Waals surface area contributed by atoms with Gasteiger partial charge in [0, 0.05) is 0 Å². The summed E-state index contributed by atoms with van der Waals surface area (Å²) in [6.45, 7) is 1.57. The molecule has 4 heteroatoms. The molecule has 0 spiro atoms. The Bertz CT molecular complexity index is 287. The summed E-state index contributed by atoms with van der Waals surface area (Å²) in [5, 5.41) is 0. The fraction of sp³-hybridized carbons (Fsp3) is 0.300. The van der Waals surface area contributed by atoms with Gasteiger partial charge in [-0.05, 0) is 12.5 Å². The number of carbonyl (C=O) groups is 1. The van der Waals surface area contributed by atoms with Crippen molar-refractivity contribution in [2.75, 3.05) is 6.61 Å². The van der Waals surface area contributed by atoms with Crippen molar-refractivity contribution in [2.45, 2.75) is 13.0 Å². The maximum atomic E-state index is 11.0. The third-order valence-electron chi connectivity index (χ3n) is 1.78. The highest BCUT2D eigenvalue weighted by atomic mass is 16.6. The van der Waals surface area contributed by atoms with E-state index in [0.29, 0.717) is 0 Å². The van der Waals surface area contributed by atoms with Crippen LogP contribution in [-0.4, -0.2) is 12.6 Å². The van der Waals surface area contributed by atoms with Crippen LogP contribution in [0.4, 0.5) is 0 Å². The molecule has 1 aromatic carbocycles. The van der Waals surface area contributed by atoms with Crippen LogP contribution in [-0.2, 0) is 14.4 Å². The molecule has 76 valence electrons. The van der Waals surface area contributed by atoms with E-state index in [2.05, 4.69) is 4.84 Å². The fourth-order valence-corrected chi connectivity index (χ4v) is 1.09. The second kappa shape index (κ2) is 5.36. The van der Waals surface area contributed by atoms with Gasteiger partial charge in [-0.1, -0.05) is 30.3 Å². The van der Waals surface area contributed by atoms with Gasteiger partial charge in [0.25, 0.3) is 0 Å². The van der Waals surface area contributed by atoms with Crippen LogP contribution in [0.5, 0.6) is 0 Å². The number of benzene rings is 1. The maximum absolute atomic E-state index is 11.0. The number of carbonyl (C=O) groups excluding carboxylic acids is 1. The summed E-state index contributed by atoms with van der Waals surface area (Å²) in [7, 11) is 0. The van der Waals surface area contributed by atoms with E-state index < -0.39 is 5.97 Å². The molecule has 0 aliphatic rings. The number of hydrogen-bond acceptors (Lipinski definition) is 4. The van der Waals surface area contributed by atoms with Crippen molar-refractivity contribution in [2.24, 2.45) is 5.90 Å². The molecule has 0 amide bonds. The van der Waals surface area contributed by atoms with Gasteiger partial charge < -0.3 is 4.74 Å². The van der Waals surface area contributed by atoms with E-state index in [1.54, 1.807) is 6.92 Å². The molecule has 1 unspecified atom stereocenters. The average Bonchev–Trinajstić information content (AvgIpc) is 2.19.